The van der Waals surface area contributed by atoms with E-state index in [1.165, 1.54) is 44.1 Å². The quantitative estimate of drug-likeness (QED) is 0.744. The van der Waals surface area contributed by atoms with Crippen LogP contribution in [-0.4, -0.2) is 10.2 Å². The monoisotopic (exact) mass is 274 g/mol. The molecule has 0 heterocycles. The van der Waals surface area contributed by atoms with Crippen LogP contribution in [-0.2, 0) is 12.8 Å². The van der Waals surface area contributed by atoms with Crippen LogP contribution in [0.3, 0.4) is 0 Å². The Kier molecular flexibility index (Phi) is 3.91. The van der Waals surface area contributed by atoms with E-state index in [2.05, 4.69) is 6.92 Å². The van der Waals surface area contributed by atoms with Crippen LogP contribution in [0.25, 0.3) is 0 Å². The van der Waals surface area contributed by atoms with Gasteiger partial charge in [0.15, 0.2) is 11.5 Å². The summed E-state index contributed by atoms with van der Waals surface area (Å²) in [5.41, 5.74) is 2.27. The lowest BCUT2D eigenvalue weighted by Crippen LogP contribution is -2.27. The molecule has 0 radical (unpaired) electrons. The van der Waals surface area contributed by atoms with Crippen molar-refractivity contribution in [2.24, 2.45) is 17.8 Å². The lowest BCUT2D eigenvalue weighted by molar-refractivity contribution is 0.211. The molecule has 0 aliphatic heterocycles. The topological polar surface area (TPSA) is 40.5 Å². The molecule has 2 N–H and O–H groups in total. The molecule has 2 aliphatic rings. The fraction of sp³-hybridized carbons (Fsp3) is 0.667. The van der Waals surface area contributed by atoms with Crippen molar-refractivity contribution in [3.8, 4) is 11.5 Å². The lowest BCUT2D eigenvalue weighted by atomic mass is 9.69. The van der Waals surface area contributed by atoms with Gasteiger partial charge < -0.3 is 10.2 Å². The van der Waals surface area contributed by atoms with Gasteiger partial charge in [-0.1, -0.05) is 38.7 Å². The molecule has 0 amide bonds. The van der Waals surface area contributed by atoms with Gasteiger partial charge in [0.25, 0.3) is 0 Å². The zero-order valence-corrected chi connectivity index (χ0v) is 12.4. The molecular weight excluding hydrogens is 248 g/mol. The van der Waals surface area contributed by atoms with E-state index >= 15 is 0 Å². The van der Waals surface area contributed by atoms with Gasteiger partial charge in [-0.05, 0) is 55.1 Å². The smallest absolute Gasteiger partial charge is 0.160 e. The highest BCUT2D eigenvalue weighted by Gasteiger charge is 2.32. The van der Waals surface area contributed by atoms with Gasteiger partial charge in [0, 0.05) is 5.56 Å². The zero-order chi connectivity index (χ0) is 14.1. The summed E-state index contributed by atoms with van der Waals surface area (Å²) in [5, 5.41) is 19.8. The second-order valence-electron chi connectivity index (χ2n) is 6.78. The second-order valence-corrected chi connectivity index (χ2v) is 6.78. The maximum absolute atomic E-state index is 10.1. The minimum absolute atomic E-state index is 0.0408. The fourth-order valence-corrected chi connectivity index (χ4v) is 4.31. The molecule has 2 heteroatoms. The van der Waals surface area contributed by atoms with E-state index in [9.17, 15) is 10.2 Å². The predicted octanol–water partition coefficient (Wildman–Crippen LogP) is 4.42. The van der Waals surface area contributed by atoms with Crippen LogP contribution in [0.1, 0.15) is 56.6 Å². The van der Waals surface area contributed by atoms with E-state index in [-0.39, 0.29) is 11.5 Å². The van der Waals surface area contributed by atoms with E-state index in [0.717, 1.165) is 30.2 Å². The molecule has 1 fully saturated rings. The second kappa shape index (κ2) is 5.67. The zero-order valence-electron chi connectivity index (χ0n) is 12.4. The summed E-state index contributed by atoms with van der Waals surface area (Å²) in [6.07, 6.45) is 10.1. The number of rotatable bonds is 1. The van der Waals surface area contributed by atoms with Crippen LogP contribution < -0.4 is 0 Å². The molecule has 110 valence electrons. The maximum atomic E-state index is 10.1. The van der Waals surface area contributed by atoms with E-state index in [0.29, 0.717) is 5.92 Å². The minimum Gasteiger partial charge on any atom is -0.504 e. The maximum Gasteiger partial charge on any atom is 0.160 e. The molecule has 0 bridgehead atoms. The van der Waals surface area contributed by atoms with Crippen molar-refractivity contribution < 1.29 is 10.2 Å². The summed E-state index contributed by atoms with van der Waals surface area (Å²) in [4.78, 5) is 0. The first kappa shape index (κ1) is 13.8. The average Bonchev–Trinajstić information content (AvgIpc) is 2.44. The first-order valence-corrected chi connectivity index (χ1v) is 8.21. The third kappa shape index (κ3) is 2.53. The number of benzene rings is 1. The van der Waals surface area contributed by atoms with Crippen molar-refractivity contribution in [1.82, 2.24) is 0 Å². The van der Waals surface area contributed by atoms with Gasteiger partial charge in [-0.3, -0.25) is 0 Å². The Bertz CT molecular complexity index is 481. The van der Waals surface area contributed by atoms with Gasteiger partial charge in [-0.2, -0.15) is 0 Å². The number of aromatic hydroxyl groups is 2. The van der Waals surface area contributed by atoms with Crippen LogP contribution in [0.5, 0.6) is 11.5 Å². The molecule has 1 saturated carbocycles. The highest BCUT2D eigenvalue weighted by molar-refractivity contribution is 5.50. The molecule has 2 unspecified atom stereocenters. The summed E-state index contributed by atoms with van der Waals surface area (Å²) < 4.78 is 0. The molecule has 0 saturated heterocycles. The van der Waals surface area contributed by atoms with Crippen molar-refractivity contribution in [2.75, 3.05) is 0 Å². The molecule has 20 heavy (non-hydrogen) atoms. The Morgan fingerprint density at radius 1 is 1.00 bits per heavy atom. The lowest BCUT2D eigenvalue weighted by Gasteiger charge is -2.36. The average molecular weight is 274 g/mol. The van der Waals surface area contributed by atoms with Gasteiger partial charge in [-0.15, -0.1) is 0 Å². The standard InChI is InChI=1S/C18H26O2/c1-2-12-4-3-5-13-11-16-15(10-14(13)7-6-12)8-9-17(19)18(16)20/h8-9,12-14,19-20H,2-7,10-11H2,1H3/t12?,13-,14?/m1/s1. The number of phenols is 2. The molecule has 1 aromatic carbocycles. The van der Waals surface area contributed by atoms with E-state index in [1.807, 2.05) is 6.07 Å². The van der Waals surface area contributed by atoms with E-state index < -0.39 is 0 Å². The van der Waals surface area contributed by atoms with Gasteiger partial charge in [-0.25, -0.2) is 0 Å². The van der Waals surface area contributed by atoms with Gasteiger partial charge in [0.2, 0.25) is 0 Å². The first-order chi connectivity index (χ1) is 9.69. The Balaban J connectivity index is 1.82. The summed E-state index contributed by atoms with van der Waals surface area (Å²) in [6.45, 7) is 2.32. The molecule has 2 nitrogen and oxygen atoms in total. The SMILES string of the molecule is CCC1CCC[C@@H]2Cc3c(ccc(O)c3O)CC2CC1. The number of fused-ring (bicyclic) bond motifs is 2. The first-order valence-electron chi connectivity index (χ1n) is 8.21. The van der Waals surface area contributed by atoms with Crippen molar-refractivity contribution in [3.63, 3.8) is 0 Å². The van der Waals surface area contributed by atoms with Crippen LogP contribution in [0, 0.1) is 17.8 Å². The van der Waals surface area contributed by atoms with Crippen molar-refractivity contribution in [1.29, 1.82) is 0 Å². The van der Waals surface area contributed by atoms with Crippen molar-refractivity contribution >= 4 is 0 Å². The number of hydrogen-bond donors (Lipinski definition) is 2. The summed E-state index contributed by atoms with van der Waals surface area (Å²) >= 11 is 0. The summed E-state index contributed by atoms with van der Waals surface area (Å²) in [5.74, 6) is 2.58. The molecular formula is C18H26O2. The summed E-state index contributed by atoms with van der Waals surface area (Å²) in [6, 6.07) is 3.66. The third-order valence-corrected chi connectivity index (χ3v) is 5.68. The largest absolute Gasteiger partial charge is 0.504 e. The van der Waals surface area contributed by atoms with Crippen LogP contribution in [0.15, 0.2) is 12.1 Å². The number of phenolic OH excluding ortho intramolecular Hbond substituents is 2. The Morgan fingerprint density at radius 3 is 2.60 bits per heavy atom. The highest BCUT2D eigenvalue weighted by atomic mass is 16.3. The predicted molar refractivity (Wildman–Crippen MR) is 81.0 cm³/mol. The van der Waals surface area contributed by atoms with Gasteiger partial charge in [0.05, 0.1) is 0 Å². The molecule has 0 aromatic heterocycles. The van der Waals surface area contributed by atoms with E-state index in [1.54, 1.807) is 6.07 Å². The molecule has 3 rings (SSSR count). The van der Waals surface area contributed by atoms with Gasteiger partial charge in [0.1, 0.15) is 0 Å². The molecule has 0 spiro atoms. The fourth-order valence-electron chi connectivity index (χ4n) is 4.31. The highest BCUT2D eigenvalue weighted by Crippen LogP contribution is 2.44. The molecule has 2 aliphatic carbocycles. The Labute approximate surface area is 121 Å². The Morgan fingerprint density at radius 2 is 1.80 bits per heavy atom. The van der Waals surface area contributed by atoms with Gasteiger partial charge >= 0.3 is 0 Å². The van der Waals surface area contributed by atoms with Crippen LogP contribution in [0.2, 0.25) is 0 Å². The number of hydrogen-bond acceptors (Lipinski definition) is 2. The normalized spacial score (nSPS) is 29.9. The Hall–Kier alpha value is -1.18. The molecule has 3 atom stereocenters. The van der Waals surface area contributed by atoms with Crippen LogP contribution in [0.4, 0.5) is 0 Å². The molecule has 1 aromatic rings. The third-order valence-electron chi connectivity index (χ3n) is 5.68. The van der Waals surface area contributed by atoms with Crippen molar-refractivity contribution in [3.05, 3.63) is 23.3 Å². The minimum atomic E-state index is 0.0408. The van der Waals surface area contributed by atoms with Crippen LogP contribution >= 0.6 is 0 Å². The van der Waals surface area contributed by atoms with Crippen molar-refractivity contribution in [2.45, 2.75) is 58.3 Å². The van der Waals surface area contributed by atoms with E-state index in [4.69, 9.17) is 0 Å². The summed E-state index contributed by atoms with van der Waals surface area (Å²) in [7, 11) is 0.